The molecular weight excluding hydrogens is 306 g/mol. The van der Waals surface area contributed by atoms with E-state index in [4.69, 9.17) is 6.57 Å². The molecule has 0 atom stereocenters. The lowest BCUT2D eigenvalue weighted by molar-refractivity contribution is 0.668. The average Bonchev–Trinajstić information content (AvgIpc) is 2.62. The van der Waals surface area contributed by atoms with Crippen LogP contribution in [0.2, 0.25) is 0 Å². The van der Waals surface area contributed by atoms with Crippen LogP contribution in [0.1, 0.15) is 0 Å². The van der Waals surface area contributed by atoms with E-state index in [1.807, 2.05) is 60.7 Å². The summed E-state index contributed by atoms with van der Waals surface area (Å²) in [4.78, 5) is 3.61. The summed E-state index contributed by atoms with van der Waals surface area (Å²) < 4.78 is 13.9. The first kappa shape index (κ1) is 15.0. The molecule has 3 rings (SSSR count). The summed E-state index contributed by atoms with van der Waals surface area (Å²) in [6, 6.07) is 21.1. The maximum Gasteiger partial charge on any atom is 0.198 e. The van der Waals surface area contributed by atoms with Crippen LogP contribution in [0, 0.1) is 17.9 Å². The van der Waals surface area contributed by atoms with Crippen LogP contribution in [0.3, 0.4) is 0 Å². The van der Waals surface area contributed by atoms with Gasteiger partial charge in [-0.1, -0.05) is 60.7 Å². The van der Waals surface area contributed by atoms with Crippen LogP contribution in [-0.2, 0) is 0 Å². The lowest BCUT2D eigenvalue weighted by Crippen LogP contribution is -2.23. The van der Waals surface area contributed by atoms with E-state index in [1.54, 1.807) is 0 Å². The summed E-state index contributed by atoms with van der Waals surface area (Å²) in [5.41, 5.74) is 0.298. The lowest BCUT2D eigenvalue weighted by atomic mass is 10.3. The number of nitrogens with zero attached hydrogens (tertiary/aromatic N) is 2. The van der Waals surface area contributed by atoms with Crippen molar-refractivity contribution in [3.8, 4) is 6.07 Å². The highest BCUT2D eigenvalue weighted by Crippen LogP contribution is 2.57. The predicted octanol–water partition coefficient (Wildman–Crippen LogP) is 3.98. The number of nitriles is 1. The van der Waals surface area contributed by atoms with Gasteiger partial charge in [-0.15, -0.1) is 0 Å². The molecule has 0 spiro atoms. The van der Waals surface area contributed by atoms with Crippen LogP contribution in [0.4, 0.5) is 4.39 Å². The number of hydrogen-bond acceptors (Lipinski definition) is 1. The Morgan fingerprint density at radius 3 is 1.87 bits per heavy atom. The van der Waals surface area contributed by atoms with Crippen molar-refractivity contribution < 1.29 is 4.39 Å². The van der Waals surface area contributed by atoms with Crippen LogP contribution in [0.25, 0.3) is 4.85 Å². The normalized spacial score (nSPS) is 15.9. The molecule has 1 aliphatic rings. The number of benzene rings is 2. The molecular formula is C19H12FN2P. The smallest absolute Gasteiger partial charge is 0.198 e. The van der Waals surface area contributed by atoms with Crippen molar-refractivity contribution in [2.45, 2.75) is 0 Å². The predicted molar refractivity (Wildman–Crippen MR) is 93.6 cm³/mol. The molecule has 0 fully saturated rings. The second-order valence-corrected chi connectivity index (χ2v) is 8.30. The maximum atomic E-state index is 13.9. The van der Waals surface area contributed by atoms with Crippen molar-refractivity contribution in [1.82, 2.24) is 0 Å². The van der Waals surface area contributed by atoms with E-state index >= 15 is 0 Å². The zero-order chi connectivity index (χ0) is 16.3. The molecule has 23 heavy (non-hydrogen) atoms. The van der Waals surface area contributed by atoms with Gasteiger partial charge in [-0.25, -0.2) is 9.24 Å². The highest BCUT2D eigenvalue weighted by molar-refractivity contribution is 7.93. The van der Waals surface area contributed by atoms with Gasteiger partial charge in [0, 0.05) is 6.89 Å². The molecule has 0 N–H and O–H groups in total. The molecule has 1 heterocycles. The van der Waals surface area contributed by atoms with Crippen molar-refractivity contribution in [3.63, 3.8) is 0 Å². The van der Waals surface area contributed by atoms with Gasteiger partial charge in [-0.3, -0.25) is 0 Å². The van der Waals surface area contributed by atoms with Crippen LogP contribution in [0.5, 0.6) is 0 Å². The molecule has 1 aliphatic heterocycles. The van der Waals surface area contributed by atoms with E-state index in [0.717, 1.165) is 10.6 Å². The Morgan fingerprint density at radius 2 is 1.43 bits per heavy atom. The topological polar surface area (TPSA) is 28.1 Å². The van der Waals surface area contributed by atoms with Crippen LogP contribution in [0.15, 0.2) is 84.0 Å². The average molecular weight is 318 g/mol. The Morgan fingerprint density at radius 1 is 0.913 bits per heavy atom. The fourth-order valence-electron chi connectivity index (χ4n) is 2.82. The summed E-state index contributed by atoms with van der Waals surface area (Å²) in [6.45, 7) is 4.97. The van der Waals surface area contributed by atoms with Gasteiger partial charge in [0.2, 0.25) is 0 Å². The highest BCUT2D eigenvalue weighted by Gasteiger charge is 2.34. The Bertz CT molecular complexity index is 899. The largest absolute Gasteiger partial charge is 0.237 e. The summed E-state index contributed by atoms with van der Waals surface area (Å²) in [6.07, 6.45) is 2.53. The minimum Gasteiger partial charge on any atom is -0.237 e. The molecule has 0 amide bonds. The molecule has 4 heteroatoms. The SMILES string of the molecule is [C-]#[N+]C1=P(c2ccccc2)(c2ccccc2)C(C#N)=CC(F)=C1. The van der Waals surface area contributed by atoms with Crippen molar-refractivity contribution in [1.29, 1.82) is 5.26 Å². The van der Waals surface area contributed by atoms with E-state index in [-0.39, 0.29) is 0 Å². The molecule has 2 aromatic rings. The van der Waals surface area contributed by atoms with E-state index in [2.05, 4.69) is 10.9 Å². The van der Waals surface area contributed by atoms with Crippen LogP contribution < -0.4 is 10.6 Å². The Balaban J connectivity index is 2.55. The minimum absolute atomic E-state index is 0.298. The molecule has 0 unspecified atom stereocenters. The monoisotopic (exact) mass is 318 g/mol. The molecule has 0 aliphatic carbocycles. The summed E-state index contributed by atoms with van der Waals surface area (Å²) in [5, 5.41) is 11.8. The molecule has 0 saturated carbocycles. The van der Waals surface area contributed by atoms with E-state index in [1.165, 1.54) is 12.2 Å². The quantitative estimate of drug-likeness (QED) is 0.608. The molecule has 2 aromatic carbocycles. The van der Waals surface area contributed by atoms with Gasteiger partial charge in [-0.05, 0) is 22.8 Å². The van der Waals surface area contributed by atoms with Crippen molar-refractivity contribution in [2.24, 2.45) is 0 Å². The molecule has 2 nitrogen and oxygen atoms in total. The number of allylic oxidation sites excluding steroid dienone is 3. The summed E-state index contributed by atoms with van der Waals surface area (Å²) >= 11 is 0. The molecule has 0 radical (unpaired) electrons. The number of halogens is 1. The third-order valence-electron chi connectivity index (χ3n) is 3.76. The van der Waals surface area contributed by atoms with Gasteiger partial charge in [0.25, 0.3) is 0 Å². The van der Waals surface area contributed by atoms with Crippen molar-refractivity contribution >= 4 is 22.9 Å². The first-order chi connectivity index (χ1) is 11.2. The second-order valence-electron chi connectivity index (χ2n) is 4.98. The van der Waals surface area contributed by atoms with Gasteiger partial charge in [0.05, 0.1) is 18.0 Å². The molecule has 0 aromatic heterocycles. The Labute approximate surface area is 134 Å². The minimum atomic E-state index is -2.61. The van der Waals surface area contributed by atoms with Gasteiger partial charge in [0.15, 0.2) is 5.42 Å². The molecule has 0 bridgehead atoms. The Hall–Kier alpha value is -2.87. The molecule has 0 saturated heterocycles. The summed E-state index contributed by atoms with van der Waals surface area (Å²) in [5.74, 6) is -0.546. The third kappa shape index (κ3) is 2.33. The zero-order valence-electron chi connectivity index (χ0n) is 12.1. The standard InChI is InChI=1S/C19H12FN2P/c1-22-19-13-15(20)12-18(14-21)23(19,16-8-4-2-5-9-16)17-10-6-3-7-11-17/h2-13H. The number of rotatable bonds is 2. The van der Waals surface area contributed by atoms with E-state index in [9.17, 15) is 9.65 Å². The van der Waals surface area contributed by atoms with E-state index < -0.39 is 12.7 Å². The van der Waals surface area contributed by atoms with Gasteiger partial charge >= 0.3 is 0 Å². The van der Waals surface area contributed by atoms with Gasteiger partial charge in [0.1, 0.15) is 5.83 Å². The van der Waals surface area contributed by atoms with Crippen LogP contribution in [-0.4, -0.2) is 5.42 Å². The highest BCUT2D eigenvalue weighted by atomic mass is 31.2. The van der Waals surface area contributed by atoms with Gasteiger partial charge in [-0.2, -0.15) is 5.26 Å². The number of hydrogen-bond donors (Lipinski definition) is 0. The van der Waals surface area contributed by atoms with Crippen LogP contribution >= 0.6 is 6.89 Å². The first-order valence-corrected chi connectivity index (χ1v) is 8.77. The van der Waals surface area contributed by atoms with Crippen molar-refractivity contribution in [3.05, 3.63) is 95.4 Å². The summed E-state index contributed by atoms with van der Waals surface area (Å²) in [7, 11) is 0. The zero-order valence-corrected chi connectivity index (χ0v) is 13.0. The fraction of sp³-hybridized carbons (Fsp3) is 0. The van der Waals surface area contributed by atoms with E-state index in [0.29, 0.717) is 10.7 Å². The third-order valence-corrected chi connectivity index (χ3v) is 7.78. The van der Waals surface area contributed by atoms with Gasteiger partial charge < -0.3 is 0 Å². The fourth-order valence-corrected chi connectivity index (χ4v) is 6.63. The Kier molecular flexibility index (Phi) is 3.98. The van der Waals surface area contributed by atoms with Crippen molar-refractivity contribution in [2.75, 3.05) is 0 Å². The maximum absolute atomic E-state index is 13.9. The molecule has 110 valence electrons. The lowest BCUT2D eigenvalue weighted by Gasteiger charge is -2.30. The first-order valence-electron chi connectivity index (χ1n) is 6.98. The second kappa shape index (κ2) is 6.09.